The van der Waals surface area contributed by atoms with E-state index in [0.717, 1.165) is 12.1 Å². The van der Waals surface area contributed by atoms with E-state index in [2.05, 4.69) is 5.32 Å². The fourth-order valence-corrected chi connectivity index (χ4v) is 1.23. The molecule has 0 radical (unpaired) electrons. The Morgan fingerprint density at radius 2 is 1.94 bits per heavy atom. The first-order valence-corrected chi connectivity index (χ1v) is 5.77. The van der Waals surface area contributed by atoms with Crippen LogP contribution in [-0.4, -0.2) is 18.6 Å². The summed E-state index contributed by atoms with van der Waals surface area (Å²) >= 11 is 0. The minimum absolute atomic E-state index is 0.207. The van der Waals surface area contributed by atoms with Crippen molar-refractivity contribution in [2.24, 2.45) is 5.92 Å². The van der Waals surface area contributed by atoms with Gasteiger partial charge in [-0.3, -0.25) is 4.79 Å². The fraction of sp³-hybridized carbons (Fsp3) is 0.462. The lowest BCUT2D eigenvalue weighted by molar-refractivity contribution is -0.126. The van der Waals surface area contributed by atoms with E-state index >= 15 is 0 Å². The smallest absolute Gasteiger partial charge is 0.253 e. The topological polar surface area (TPSA) is 38.3 Å². The first kappa shape index (κ1) is 14.6. The van der Waals surface area contributed by atoms with Gasteiger partial charge in [-0.25, -0.2) is 8.78 Å². The molecule has 0 saturated heterocycles. The maximum absolute atomic E-state index is 12.9. The molecule has 0 heterocycles. The van der Waals surface area contributed by atoms with Gasteiger partial charge in [0.1, 0.15) is 6.10 Å². The second-order valence-corrected chi connectivity index (χ2v) is 4.49. The third kappa shape index (κ3) is 4.41. The van der Waals surface area contributed by atoms with Crippen molar-refractivity contribution in [2.45, 2.75) is 26.9 Å². The van der Waals surface area contributed by atoms with Gasteiger partial charge in [-0.2, -0.15) is 0 Å². The highest BCUT2D eigenvalue weighted by atomic mass is 19.2. The molecule has 0 saturated carbocycles. The van der Waals surface area contributed by atoms with Gasteiger partial charge in [0.05, 0.1) is 0 Å². The lowest BCUT2D eigenvalue weighted by atomic mass is 10.2. The van der Waals surface area contributed by atoms with Crippen molar-refractivity contribution in [3.8, 4) is 0 Å². The highest BCUT2D eigenvalue weighted by Crippen LogP contribution is 2.13. The standard InChI is InChI=1S/C13H17F2NO2/c1-8(2)7-18-9(3)13(17)16-10-4-5-11(14)12(15)6-10/h4-6,8-9H,7H2,1-3H3,(H,16,17)/t9-/m0/s1. The van der Waals surface area contributed by atoms with E-state index in [1.807, 2.05) is 13.8 Å². The zero-order chi connectivity index (χ0) is 13.7. The van der Waals surface area contributed by atoms with Crippen molar-refractivity contribution in [3.05, 3.63) is 29.8 Å². The first-order chi connectivity index (χ1) is 8.40. The number of carbonyl (C=O) groups is 1. The van der Waals surface area contributed by atoms with Crippen molar-refractivity contribution in [1.29, 1.82) is 0 Å². The summed E-state index contributed by atoms with van der Waals surface area (Å²) in [6, 6.07) is 3.19. The summed E-state index contributed by atoms with van der Waals surface area (Å²) in [5.41, 5.74) is 0.207. The molecule has 100 valence electrons. The second-order valence-electron chi connectivity index (χ2n) is 4.49. The predicted molar refractivity (Wildman–Crippen MR) is 65.2 cm³/mol. The third-order valence-corrected chi connectivity index (χ3v) is 2.24. The molecule has 1 aromatic carbocycles. The summed E-state index contributed by atoms with van der Waals surface area (Å²) in [6.07, 6.45) is -0.638. The van der Waals surface area contributed by atoms with Gasteiger partial charge in [0.2, 0.25) is 0 Å². The van der Waals surface area contributed by atoms with E-state index in [9.17, 15) is 13.6 Å². The van der Waals surface area contributed by atoms with Gasteiger partial charge in [-0.15, -0.1) is 0 Å². The molecule has 0 aliphatic carbocycles. The average Bonchev–Trinajstić information content (AvgIpc) is 2.30. The van der Waals surface area contributed by atoms with Crippen LogP contribution in [-0.2, 0) is 9.53 Å². The number of carbonyl (C=O) groups excluding carboxylic acids is 1. The summed E-state index contributed by atoms with van der Waals surface area (Å²) in [5, 5.41) is 2.46. The van der Waals surface area contributed by atoms with E-state index < -0.39 is 17.7 Å². The molecule has 0 aromatic heterocycles. The number of hydrogen-bond donors (Lipinski definition) is 1. The fourth-order valence-electron chi connectivity index (χ4n) is 1.23. The molecule has 18 heavy (non-hydrogen) atoms. The average molecular weight is 257 g/mol. The number of amides is 1. The normalized spacial score (nSPS) is 12.6. The van der Waals surface area contributed by atoms with Gasteiger partial charge in [0.15, 0.2) is 11.6 Å². The Balaban J connectivity index is 2.55. The molecule has 0 spiro atoms. The number of rotatable bonds is 5. The van der Waals surface area contributed by atoms with Crippen LogP contribution in [0.3, 0.4) is 0 Å². The number of anilines is 1. The maximum atomic E-state index is 12.9. The maximum Gasteiger partial charge on any atom is 0.253 e. The molecule has 1 aromatic rings. The van der Waals surface area contributed by atoms with E-state index in [1.54, 1.807) is 6.92 Å². The van der Waals surface area contributed by atoms with E-state index in [-0.39, 0.29) is 11.6 Å². The van der Waals surface area contributed by atoms with E-state index in [1.165, 1.54) is 6.07 Å². The Bertz CT molecular complexity index is 421. The van der Waals surface area contributed by atoms with Crippen molar-refractivity contribution < 1.29 is 18.3 Å². The monoisotopic (exact) mass is 257 g/mol. The van der Waals surface area contributed by atoms with Crippen molar-refractivity contribution >= 4 is 11.6 Å². The van der Waals surface area contributed by atoms with Crippen LogP contribution in [0.5, 0.6) is 0 Å². The molecule has 1 rings (SSSR count). The predicted octanol–water partition coefficient (Wildman–Crippen LogP) is 2.96. The summed E-state index contributed by atoms with van der Waals surface area (Å²) < 4.78 is 30.9. The zero-order valence-electron chi connectivity index (χ0n) is 10.7. The van der Waals surface area contributed by atoms with Crippen LogP contribution in [0, 0.1) is 17.6 Å². The highest BCUT2D eigenvalue weighted by Gasteiger charge is 2.14. The minimum atomic E-state index is -0.997. The van der Waals surface area contributed by atoms with Crippen molar-refractivity contribution in [2.75, 3.05) is 11.9 Å². The number of nitrogens with one attached hydrogen (secondary N) is 1. The lowest BCUT2D eigenvalue weighted by Gasteiger charge is -2.14. The van der Waals surface area contributed by atoms with Crippen LogP contribution in [0.1, 0.15) is 20.8 Å². The SMILES string of the molecule is CC(C)CO[C@@H](C)C(=O)Nc1ccc(F)c(F)c1. The molecule has 0 aliphatic heterocycles. The number of ether oxygens (including phenoxy) is 1. The van der Waals surface area contributed by atoms with Gasteiger partial charge >= 0.3 is 0 Å². The molecule has 1 N–H and O–H groups in total. The Labute approximate surface area is 105 Å². The van der Waals surface area contributed by atoms with Gasteiger partial charge in [-0.1, -0.05) is 13.8 Å². The molecular weight excluding hydrogens is 240 g/mol. The van der Waals surface area contributed by atoms with Crippen LogP contribution in [0.4, 0.5) is 14.5 Å². The van der Waals surface area contributed by atoms with Crippen LogP contribution < -0.4 is 5.32 Å². The zero-order valence-corrected chi connectivity index (χ0v) is 10.7. The van der Waals surface area contributed by atoms with Crippen LogP contribution in [0.25, 0.3) is 0 Å². The van der Waals surface area contributed by atoms with Gasteiger partial charge in [-0.05, 0) is 25.0 Å². The Kier molecular flexibility index (Phi) is 5.22. The number of halogens is 2. The second kappa shape index (κ2) is 6.44. The van der Waals surface area contributed by atoms with E-state index in [0.29, 0.717) is 12.5 Å². The Morgan fingerprint density at radius 3 is 2.50 bits per heavy atom. The molecular formula is C13H17F2NO2. The molecule has 0 aliphatic rings. The summed E-state index contributed by atoms with van der Waals surface area (Å²) in [5.74, 6) is -2.01. The van der Waals surface area contributed by atoms with Gasteiger partial charge < -0.3 is 10.1 Å². The number of benzene rings is 1. The molecule has 0 bridgehead atoms. The van der Waals surface area contributed by atoms with E-state index in [4.69, 9.17) is 4.74 Å². The molecule has 3 nitrogen and oxygen atoms in total. The Morgan fingerprint density at radius 1 is 1.28 bits per heavy atom. The van der Waals surface area contributed by atoms with Crippen LogP contribution in [0.15, 0.2) is 18.2 Å². The first-order valence-electron chi connectivity index (χ1n) is 5.77. The summed E-state index contributed by atoms with van der Waals surface area (Å²) in [4.78, 5) is 11.7. The molecule has 0 fully saturated rings. The quantitative estimate of drug-likeness (QED) is 0.880. The lowest BCUT2D eigenvalue weighted by Crippen LogP contribution is -2.28. The largest absolute Gasteiger partial charge is 0.368 e. The van der Waals surface area contributed by atoms with Gasteiger partial charge in [0, 0.05) is 18.4 Å². The summed E-state index contributed by atoms with van der Waals surface area (Å²) in [6.45, 7) is 6.02. The van der Waals surface area contributed by atoms with Crippen LogP contribution >= 0.6 is 0 Å². The van der Waals surface area contributed by atoms with Crippen molar-refractivity contribution in [1.82, 2.24) is 0 Å². The molecule has 5 heteroatoms. The molecule has 1 amide bonds. The highest BCUT2D eigenvalue weighted by molar-refractivity contribution is 5.93. The summed E-state index contributed by atoms with van der Waals surface area (Å²) in [7, 11) is 0. The third-order valence-electron chi connectivity index (χ3n) is 2.24. The minimum Gasteiger partial charge on any atom is -0.368 e. The molecule has 0 unspecified atom stereocenters. The van der Waals surface area contributed by atoms with Crippen molar-refractivity contribution in [3.63, 3.8) is 0 Å². The molecule has 1 atom stereocenters. The number of hydrogen-bond acceptors (Lipinski definition) is 2. The Hall–Kier alpha value is -1.49. The van der Waals surface area contributed by atoms with Crippen LogP contribution in [0.2, 0.25) is 0 Å². The van der Waals surface area contributed by atoms with Gasteiger partial charge in [0.25, 0.3) is 5.91 Å².